The Bertz CT molecular complexity index is 593. The largest absolute Gasteiger partial charge is 0.396 e. The second-order valence-corrected chi connectivity index (χ2v) is 6.35. The lowest BCUT2D eigenvalue weighted by atomic mass is 10.2. The average Bonchev–Trinajstić information content (AvgIpc) is 2.67. The molecule has 0 unspecified atom stereocenters. The van der Waals surface area contributed by atoms with E-state index in [9.17, 15) is 0 Å². The summed E-state index contributed by atoms with van der Waals surface area (Å²) in [5, 5.41) is 11.5. The minimum Gasteiger partial charge on any atom is -0.396 e. The van der Waals surface area contributed by atoms with E-state index in [4.69, 9.17) is 16.7 Å². The molecule has 3 rings (SSSR count). The normalized spacial score (nSPS) is 16.6. The number of nitrogens with zero attached hydrogens (tertiary/aromatic N) is 3. The lowest BCUT2D eigenvalue weighted by Gasteiger charge is -2.21. The summed E-state index contributed by atoms with van der Waals surface area (Å²) >= 11 is 7.76. The molecule has 4 nitrogen and oxygen atoms in total. The Labute approximate surface area is 127 Å². The molecule has 0 atom stereocenters. The molecule has 1 saturated heterocycles. The first-order chi connectivity index (χ1) is 9.79. The van der Waals surface area contributed by atoms with E-state index in [0.29, 0.717) is 11.7 Å². The molecule has 1 aliphatic heterocycles. The molecule has 108 valence electrons. The van der Waals surface area contributed by atoms with Crippen molar-refractivity contribution in [2.45, 2.75) is 32.1 Å². The zero-order valence-electron chi connectivity index (χ0n) is 11.3. The predicted molar refractivity (Wildman–Crippen MR) is 83.9 cm³/mol. The van der Waals surface area contributed by atoms with E-state index in [0.717, 1.165) is 34.7 Å². The Morgan fingerprint density at radius 2 is 1.95 bits per heavy atom. The van der Waals surface area contributed by atoms with Crippen LogP contribution in [-0.2, 0) is 6.42 Å². The summed E-state index contributed by atoms with van der Waals surface area (Å²) in [6.45, 7) is 2.21. The van der Waals surface area contributed by atoms with Crippen molar-refractivity contribution in [3.05, 3.63) is 16.2 Å². The van der Waals surface area contributed by atoms with E-state index in [-0.39, 0.29) is 6.61 Å². The average molecular weight is 312 g/mol. The highest BCUT2D eigenvalue weighted by Gasteiger charge is 2.18. The minimum absolute atomic E-state index is 0.131. The summed E-state index contributed by atoms with van der Waals surface area (Å²) in [4.78, 5) is 11.2. The molecule has 20 heavy (non-hydrogen) atoms. The van der Waals surface area contributed by atoms with Crippen LogP contribution in [0.3, 0.4) is 0 Å². The van der Waals surface area contributed by atoms with Gasteiger partial charge < -0.3 is 10.0 Å². The van der Waals surface area contributed by atoms with Crippen LogP contribution in [0, 0.1) is 0 Å². The molecule has 0 aromatic carbocycles. The number of hydrogen-bond acceptors (Lipinski definition) is 5. The Morgan fingerprint density at radius 1 is 1.20 bits per heavy atom. The van der Waals surface area contributed by atoms with Gasteiger partial charge in [0.2, 0.25) is 5.28 Å². The van der Waals surface area contributed by atoms with E-state index >= 15 is 0 Å². The van der Waals surface area contributed by atoms with E-state index in [1.165, 1.54) is 25.7 Å². The van der Waals surface area contributed by atoms with Gasteiger partial charge in [0.25, 0.3) is 0 Å². The van der Waals surface area contributed by atoms with Crippen LogP contribution < -0.4 is 4.90 Å². The van der Waals surface area contributed by atoms with Gasteiger partial charge in [0.05, 0.1) is 10.2 Å². The van der Waals surface area contributed by atoms with Gasteiger partial charge in [-0.3, -0.25) is 0 Å². The Morgan fingerprint density at radius 3 is 2.65 bits per heavy atom. The number of aliphatic hydroxyl groups is 1. The second-order valence-electron chi connectivity index (χ2n) is 5.13. The summed E-state index contributed by atoms with van der Waals surface area (Å²) in [6.07, 6.45) is 5.61. The van der Waals surface area contributed by atoms with Crippen LogP contribution in [-0.4, -0.2) is 34.8 Å². The molecule has 2 aromatic rings. The van der Waals surface area contributed by atoms with Crippen molar-refractivity contribution >= 4 is 39.0 Å². The monoisotopic (exact) mass is 311 g/mol. The highest BCUT2D eigenvalue weighted by Crippen LogP contribution is 2.34. The number of aromatic nitrogens is 2. The van der Waals surface area contributed by atoms with E-state index in [1.54, 1.807) is 11.3 Å². The van der Waals surface area contributed by atoms with Crippen LogP contribution in [0.1, 0.15) is 31.2 Å². The maximum absolute atomic E-state index is 9.14. The van der Waals surface area contributed by atoms with Gasteiger partial charge in [0, 0.05) is 19.7 Å². The fourth-order valence-electron chi connectivity index (χ4n) is 2.72. The number of anilines is 1. The lowest BCUT2D eigenvalue weighted by Crippen LogP contribution is -2.25. The van der Waals surface area contributed by atoms with E-state index in [1.807, 2.05) is 0 Å². The van der Waals surface area contributed by atoms with Crippen molar-refractivity contribution in [1.29, 1.82) is 0 Å². The van der Waals surface area contributed by atoms with Gasteiger partial charge in [-0.15, -0.1) is 11.3 Å². The van der Waals surface area contributed by atoms with Crippen molar-refractivity contribution < 1.29 is 5.11 Å². The Hall–Kier alpha value is -0.910. The summed E-state index contributed by atoms with van der Waals surface area (Å²) in [5.41, 5.74) is 1.97. The SMILES string of the molecule is OCCc1csc2c(N3CCCCCC3)nc(Cl)nc12. The summed E-state index contributed by atoms with van der Waals surface area (Å²) in [5.74, 6) is 0.969. The van der Waals surface area contributed by atoms with Gasteiger partial charge in [-0.1, -0.05) is 12.8 Å². The van der Waals surface area contributed by atoms with Gasteiger partial charge in [0.1, 0.15) is 0 Å². The first-order valence-electron chi connectivity index (χ1n) is 7.09. The lowest BCUT2D eigenvalue weighted by molar-refractivity contribution is 0.300. The molecule has 0 bridgehead atoms. The van der Waals surface area contributed by atoms with Crippen LogP contribution in [0.15, 0.2) is 5.38 Å². The molecule has 1 aliphatic rings. The van der Waals surface area contributed by atoms with Crippen molar-refractivity contribution in [1.82, 2.24) is 9.97 Å². The molecule has 0 spiro atoms. The maximum atomic E-state index is 9.14. The Kier molecular flexibility index (Phi) is 4.38. The number of fused-ring (bicyclic) bond motifs is 1. The quantitative estimate of drug-likeness (QED) is 0.884. The summed E-state index contributed by atoms with van der Waals surface area (Å²) < 4.78 is 1.10. The van der Waals surface area contributed by atoms with Crippen LogP contribution in [0.25, 0.3) is 10.2 Å². The van der Waals surface area contributed by atoms with Crippen LogP contribution in [0.5, 0.6) is 0 Å². The third-order valence-corrected chi connectivity index (χ3v) is 4.91. The Balaban J connectivity index is 2.05. The smallest absolute Gasteiger partial charge is 0.224 e. The number of hydrogen-bond donors (Lipinski definition) is 1. The molecule has 2 aromatic heterocycles. The van der Waals surface area contributed by atoms with Gasteiger partial charge in [0.15, 0.2) is 5.82 Å². The molecule has 0 amide bonds. The molecule has 0 radical (unpaired) electrons. The number of rotatable bonds is 3. The predicted octanol–water partition coefficient (Wildman–Crippen LogP) is 3.26. The number of thiophene rings is 1. The zero-order valence-corrected chi connectivity index (χ0v) is 12.9. The highest BCUT2D eigenvalue weighted by atomic mass is 35.5. The molecular weight excluding hydrogens is 294 g/mol. The standard InChI is InChI=1S/C14H18ClN3OS/c15-14-16-11-10(5-8-19)9-20-12(11)13(17-14)18-6-3-1-2-4-7-18/h9,19H,1-8H2. The molecule has 0 saturated carbocycles. The van der Waals surface area contributed by atoms with Crippen molar-refractivity contribution in [2.75, 3.05) is 24.6 Å². The van der Waals surface area contributed by atoms with Crippen LogP contribution in [0.4, 0.5) is 5.82 Å². The highest BCUT2D eigenvalue weighted by molar-refractivity contribution is 7.18. The van der Waals surface area contributed by atoms with Crippen molar-refractivity contribution in [2.24, 2.45) is 0 Å². The molecule has 0 aliphatic carbocycles. The van der Waals surface area contributed by atoms with Crippen molar-refractivity contribution in [3.63, 3.8) is 0 Å². The van der Waals surface area contributed by atoms with Crippen molar-refractivity contribution in [3.8, 4) is 0 Å². The second kappa shape index (κ2) is 6.24. The topological polar surface area (TPSA) is 49.2 Å². The fourth-order valence-corrected chi connectivity index (χ4v) is 3.94. The third-order valence-electron chi connectivity index (χ3n) is 3.73. The molecule has 3 heterocycles. The third kappa shape index (κ3) is 2.75. The number of aliphatic hydroxyl groups excluding tert-OH is 1. The number of halogens is 1. The first kappa shape index (κ1) is 14.0. The van der Waals surface area contributed by atoms with E-state index in [2.05, 4.69) is 20.2 Å². The molecule has 6 heteroatoms. The fraction of sp³-hybridized carbons (Fsp3) is 0.571. The van der Waals surface area contributed by atoms with Crippen LogP contribution in [0.2, 0.25) is 5.28 Å². The molecule has 1 fully saturated rings. The van der Waals surface area contributed by atoms with Gasteiger partial charge in [-0.05, 0) is 41.8 Å². The molecule has 1 N–H and O–H groups in total. The van der Waals surface area contributed by atoms with Crippen LogP contribution >= 0.6 is 22.9 Å². The summed E-state index contributed by atoms with van der Waals surface area (Å²) in [6, 6.07) is 0. The summed E-state index contributed by atoms with van der Waals surface area (Å²) in [7, 11) is 0. The van der Waals surface area contributed by atoms with Gasteiger partial charge >= 0.3 is 0 Å². The maximum Gasteiger partial charge on any atom is 0.224 e. The molecular formula is C14H18ClN3OS. The zero-order chi connectivity index (χ0) is 13.9. The first-order valence-corrected chi connectivity index (χ1v) is 8.35. The van der Waals surface area contributed by atoms with E-state index < -0.39 is 0 Å². The van der Waals surface area contributed by atoms with Gasteiger partial charge in [-0.2, -0.15) is 4.98 Å². The minimum atomic E-state index is 0.131. The van der Waals surface area contributed by atoms with Gasteiger partial charge in [-0.25, -0.2) is 4.98 Å².